The number of ether oxygens (including phenoxy) is 3. The highest BCUT2D eigenvalue weighted by atomic mass is 16.6. The molecule has 3 aliphatic heterocycles. The molecule has 0 aromatic carbocycles. The summed E-state index contributed by atoms with van der Waals surface area (Å²) in [6, 6.07) is 0. The highest BCUT2D eigenvalue weighted by Gasteiger charge is 2.34. The first-order valence-electron chi connectivity index (χ1n) is 19.8. The van der Waals surface area contributed by atoms with Gasteiger partial charge in [-0.3, -0.25) is 0 Å². The van der Waals surface area contributed by atoms with Crippen LogP contribution in [0.25, 0.3) is 0 Å². The first-order chi connectivity index (χ1) is 21.8. The maximum absolute atomic E-state index is 10.4. The van der Waals surface area contributed by atoms with Crippen LogP contribution in [0.15, 0.2) is 0 Å². The second kappa shape index (κ2) is 20.4. The number of β-amino-alcohol motifs (C(OH)–C–C–N with tert-alkyl or cyclic N) is 1. The third-order valence-corrected chi connectivity index (χ3v) is 11.5. The summed E-state index contributed by atoms with van der Waals surface area (Å²) in [6.45, 7) is 30.9. The van der Waals surface area contributed by atoms with Crippen LogP contribution in [0.3, 0.4) is 0 Å². The number of hydrogen-bond donors (Lipinski definition) is 2. The van der Waals surface area contributed by atoms with Gasteiger partial charge in [0, 0.05) is 19.6 Å². The van der Waals surface area contributed by atoms with Gasteiger partial charge in [0.25, 0.3) is 0 Å². The lowest BCUT2D eigenvalue weighted by atomic mass is 9.75. The Bertz CT molecular complexity index is 788. The maximum Gasteiger partial charge on any atom is 0.104 e. The molecule has 2 saturated carbocycles. The van der Waals surface area contributed by atoms with Crippen molar-refractivity contribution in [2.45, 2.75) is 145 Å². The van der Waals surface area contributed by atoms with Gasteiger partial charge >= 0.3 is 0 Å². The monoisotopic (exact) mass is 651 g/mol. The summed E-state index contributed by atoms with van der Waals surface area (Å²) in [5.74, 6) is 7.75. The number of likely N-dealkylation sites (tertiary alicyclic amines) is 1. The average molecular weight is 651 g/mol. The lowest BCUT2D eigenvalue weighted by Crippen LogP contribution is -2.44. The van der Waals surface area contributed by atoms with Crippen LogP contribution in [-0.2, 0) is 14.2 Å². The fourth-order valence-electron chi connectivity index (χ4n) is 8.96. The molecule has 0 radical (unpaired) electrons. The van der Waals surface area contributed by atoms with E-state index in [2.05, 4.69) is 79.5 Å². The molecule has 46 heavy (non-hydrogen) atoms. The van der Waals surface area contributed by atoms with E-state index in [1.54, 1.807) is 0 Å². The molecule has 2 aliphatic carbocycles. The number of aliphatic hydroxyl groups excluding tert-OH is 1. The molecule has 6 heteroatoms. The Morgan fingerprint density at radius 1 is 0.674 bits per heavy atom. The van der Waals surface area contributed by atoms with Gasteiger partial charge in [0.2, 0.25) is 0 Å². The predicted octanol–water partition coefficient (Wildman–Crippen LogP) is 7.92. The zero-order valence-corrected chi connectivity index (χ0v) is 32.0. The van der Waals surface area contributed by atoms with Crippen LogP contribution >= 0.6 is 0 Å². The van der Waals surface area contributed by atoms with Crippen molar-refractivity contribution in [2.75, 3.05) is 52.5 Å². The van der Waals surface area contributed by atoms with E-state index >= 15 is 0 Å². The van der Waals surface area contributed by atoms with Crippen molar-refractivity contribution in [2.24, 2.45) is 59.2 Å². The average Bonchev–Trinajstić information content (AvgIpc) is 3.79. The molecule has 6 nitrogen and oxygen atoms in total. The summed E-state index contributed by atoms with van der Waals surface area (Å²) in [5.41, 5.74) is 0. The lowest BCUT2D eigenvalue weighted by Gasteiger charge is -2.38. The van der Waals surface area contributed by atoms with Gasteiger partial charge in [-0.15, -0.1) is 0 Å². The van der Waals surface area contributed by atoms with Crippen LogP contribution in [-0.4, -0.2) is 87.0 Å². The van der Waals surface area contributed by atoms with E-state index in [1.165, 1.54) is 58.0 Å². The minimum absolute atomic E-state index is 0.340. The number of hydrogen-bond acceptors (Lipinski definition) is 6. The zero-order valence-electron chi connectivity index (χ0n) is 32.0. The minimum atomic E-state index is -0.349. The molecule has 12 atom stereocenters. The van der Waals surface area contributed by atoms with Crippen LogP contribution < -0.4 is 5.32 Å². The molecule has 272 valence electrons. The highest BCUT2D eigenvalue weighted by molar-refractivity contribution is 4.84. The number of rotatable bonds is 10. The summed E-state index contributed by atoms with van der Waals surface area (Å²) in [6.07, 6.45) is 11.3. The smallest absolute Gasteiger partial charge is 0.104 e. The summed E-state index contributed by atoms with van der Waals surface area (Å²) < 4.78 is 17.4. The Balaban J connectivity index is 0.000000212. The van der Waals surface area contributed by atoms with Gasteiger partial charge in [0.05, 0.1) is 38.1 Å². The van der Waals surface area contributed by atoms with Crippen molar-refractivity contribution in [3.8, 4) is 0 Å². The number of nitrogens with one attached hydrogen (secondary N) is 1. The third-order valence-electron chi connectivity index (χ3n) is 11.5. The number of epoxide rings is 1. The lowest BCUT2D eigenvalue weighted by molar-refractivity contribution is -0.0761. The van der Waals surface area contributed by atoms with E-state index in [-0.39, 0.29) is 6.10 Å². The Morgan fingerprint density at radius 3 is 1.59 bits per heavy atom. The molecule has 0 aromatic heterocycles. The van der Waals surface area contributed by atoms with Crippen LogP contribution in [0, 0.1) is 59.2 Å². The van der Waals surface area contributed by atoms with E-state index in [1.807, 2.05) is 0 Å². The van der Waals surface area contributed by atoms with Crippen molar-refractivity contribution in [1.82, 2.24) is 10.2 Å². The van der Waals surface area contributed by atoms with Crippen molar-refractivity contribution in [3.63, 3.8) is 0 Å². The van der Waals surface area contributed by atoms with Gasteiger partial charge in [-0.25, -0.2) is 0 Å². The zero-order chi connectivity index (χ0) is 33.8. The molecule has 0 bridgehead atoms. The Morgan fingerprint density at radius 2 is 1.15 bits per heavy atom. The highest BCUT2D eigenvalue weighted by Crippen LogP contribution is 2.36. The molecule has 2 N–H and O–H groups in total. The maximum atomic E-state index is 10.4. The van der Waals surface area contributed by atoms with Gasteiger partial charge in [-0.2, -0.15) is 0 Å². The molecule has 5 rings (SSSR count). The van der Waals surface area contributed by atoms with Crippen LogP contribution in [0.1, 0.15) is 121 Å². The van der Waals surface area contributed by atoms with Gasteiger partial charge in [-0.1, -0.05) is 82.1 Å². The molecular weight excluding hydrogens is 572 g/mol. The molecule has 12 unspecified atom stereocenters. The van der Waals surface area contributed by atoms with Crippen LogP contribution in [0.4, 0.5) is 0 Å². The molecule has 0 spiro atoms. The van der Waals surface area contributed by atoms with Crippen molar-refractivity contribution < 1.29 is 19.3 Å². The topological polar surface area (TPSA) is 66.5 Å². The number of piperidine rings is 2. The van der Waals surface area contributed by atoms with E-state index in [0.717, 1.165) is 86.6 Å². The van der Waals surface area contributed by atoms with Crippen LogP contribution in [0.2, 0.25) is 0 Å². The van der Waals surface area contributed by atoms with Crippen LogP contribution in [0.5, 0.6) is 0 Å². The first-order valence-corrected chi connectivity index (χ1v) is 19.8. The molecule has 0 aromatic rings. The van der Waals surface area contributed by atoms with Crippen molar-refractivity contribution in [1.29, 1.82) is 0 Å². The predicted molar refractivity (Wildman–Crippen MR) is 193 cm³/mol. The molecular formula is C40H78N2O4. The normalized spacial score (nSPS) is 39.2. The number of aliphatic hydroxyl groups is 1. The van der Waals surface area contributed by atoms with E-state index < -0.39 is 0 Å². The van der Waals surface area contributed by atoms with Crippen molar-refractivity contribution in [3.05, 3.63) is 0 Å². The third kappa shape index (κ3) is 15.1. The molecule has 0 amide bonds. The Kier molecular flexibility index (Phi) is 17.9. The summed E-state index contributed by atoms with van der Waals surface area (Å²) in [4.78, 5) is 2.43. The number of nitrogens with zero attached hydrogens (tertiary/aromatic N) is 1. The van der Waals surface area contributed by atoms with Crippen molar-refractivity contribution >= 4 is 0 Å². The van der Waals surface area contributed by atoms with Gasteiger partial charge in [0.15, 0.2) is 0 Å². The fraction of sp³-hybridized carbons (Fsp3) is 1.00. The molecule has 3 heterocycles. The summed E-state index contributed by atoms with van der Waals surface area (Å²) >= 11 is 0. The summed E-state index contributed by atoms with van der Waals surface area (Å²) in [5, 5.41) is 13.8. The molecule has 3 saturated heterocycles. The minimum Gasteiger partial charge on any atom is -0.389 e. The van der Waals surface area contributed by atoms with E-state index in [0.29, 0.717) is 36.8 Å². The first kappa shape index (κ1) is 40.2. The van der Waals surface area contributed by atoms with Gasteiger partial charge in [-0.05, 0) is 111 Å². The Hall–Kier alpha value is -0.240. The Labute approximate surface area is 285 Å². The fourth-order valence-corrected chi connectivity index (χ4v) is 8.96. The molecule has 5 fully saturated rings. The largest absolute Gasteiger partial charge is 0.389 e. The molecule has 5 aliphatic rings. The SMILES string of the molecule is CC1CCC(C(C)C)C(OCC(O)CN2CC(C)CC(C)C2)C1.CC1CCC(C(C)C)C(OCC2CO2)C1.CC1CNCC(C)C1. The quantitative estimate of drug-likeness (QED) is 0.234. The standard InChI is InChI=1S/C20H39NO2.C13H24O2.C7H15N/c1-14(2)19-7-6-15(3)9-20(19)23-13-18(22)12-21-10-16(4)8-17(5)11-21;1-9(2)12-5-4-10(3)6-13(12)15-8-11-7-14-11;1-6-3-7(2)5-8-4-6/h14-20,22H,6-13H2,1-5H3;9-13H,4-8H2,1-3H3;6-8H,3-5H2,1-2H3. The van der Waals surface area contributed by atoms with Gasteiger partial charge < -0.3 is 29.5 Å². The second-order valence-corrected chi connectivity index (χ2v) is 17.8. The summed E-state index contributed by atoms with van der Waals surface area (Å²) in [7, 11) is 0. The van der Waals surface area contributed by atoms with E-state index in [9.17, 15) is 5.11 Å². The van der Waals surface area contributed by atoms with Gasteiger partial charge in [0.1, 0.15) is 6.10 Å². The van der Waals surface area contributed by atoms with E-state index in [4.69, 9.17) is 14.2 Å². The second-order valence-electron chi connectivity index (χ2n) is 17.8.